The van der Waals surface area contributed by atoms with E-state index in [0.29, 0.717) is 22.0 Å². The summed E-state index contributed by atoms with van der Waals surface area (Å²) in [6.45, 7) is 1.75. The molecule has 3 aromatic rings. The van der Waals surface area contributed by atoms with Gasteiger partial charge in [-0.15, -0.1) is 0 Å². The summed E-state index contributed by atoms with van der Waals surface area (Å²) in [6, 6.07) is 11.8. The van der Waals surface area contributed by atoms with E-state index in [1.165, 1.54) is 6.42 Å². The van der Waals surface area contributed by atoms with Gasteiger partial charge in [-0.1, -0.05) is 18.2 Å². The average molecular weight is 391 g/mol. The molecule has 0 bridgehead atoms. The molecule has 0 unspecified atom stereocenters. The molecule has 0 spiro atoms. The third-order valence-corrected chi connectivity index (χ3v) is 5.14. The molecule has 0 saturated carbocycles. The Balaban J connectivity index is 1.74. The number of anilines is 2. The second-order valence-electron chi connectivity index (χ2n) is 7.04. The topological polar surface area (TPSA) is 121 Å². The van der Waals surface area contributed by atoms with E-state index >= 15 is 0 Å². The zero-order chi connectivity index (χ0) is 20.4. The first-order valence-electron chi connectivity index (χ1n) is 9.52. The van der Waals surface area contributed by atoms with Crippen molar-refractivity contribution >= 4 is 34.0 Å². The van der Waals surface area contributed by atoms with Crippen molar-refractivity contribution in [2.24, 2.45) is 5.73 Å². The number of nitrogens with one attached hydrogen (secondary N) is 2. The number of primary amides is 1. The molecule has 29 heavy (non-hydrogen) atoms. The minimum Gasteiger partial charge on any atom is -0.370 e. The van der Waals surface area contributed by atoms with Crippen LogP contribution in [0.4, 0.5) is 11.4 Å². The van der Waals surface area contributed by atoms with E-state index in [2.05, 4.69) is 20.4 Å². The largest absolute Gasteiger partial charge is 0.370 e. The van der Waals surface area contributed by atoms with Crippen molar-refractivity contribution in [2.45, 2.75) is 19.3 Å². The van der Waals surface area contributed by atoms with E-state index in [-0.39, 0.29) is 11.3 Å². The number of nitrogens with zero attached hydrogens (tertiary/aromatic N) is 2. The Hall–Kier alpha value is -3.68. The molecule has 148 valence electrons. The monoisotopic (exact) mass is 391 g/mol. The molecule has 8 heteroatoms. The van der Waals surface area contributed by atoms with Crippen molar-refractivity contribution in [1.29, 1.82) is 0 Å². The predicted octanol–water partition coefficient (Wildman–Crippen LogP) is 2.26. The summed E-state index contributed by atoms with van der Waals surface area (Å²) in [6.07, 6.45) is 3.30. The maximum atomic E-state index is 13.0. The minimum atomic E-state index is -0.571. The number of amides is 2. The highest BCUT2D eigenvalue weighted by Gasteiger charge is 2.20. The third kappa shape index (κ3) is 3.69. The van der Waals surface area contributed by atoms with Gasteiger partial charge in [0.15, 0.2) is 5.69 Å². The van der Waals surface area contributed by atoms with Crippen LogP contribution in [0, 0.1) is 0 Å². The molecule has 4 rings (SSSR count). The summed E-state index contributed by atoms with van der Waals surface area (Å²) < 4.78 is 0. The Morgan fingerprint density at radius 3 is 2.48 bits per heavy atom. The first-order chi connectivity index (χ1) is 14.0. The van der Waals surface area contributed by atoms with E-state index in [1.54, 1.807) is 42.5 Å². The Morgan fingerprint density at radius 1 is 1.03 bits per heavy atom. The number of nitrogens with two attached hydrogens (primary N) is 1. The van der Waals surface area contributed by atoms with Gasteiger partial charge in [0.05, 0.1) is 16.8 Å². The van der Waals surface area contributed by atoms with Gasteiger partial charge in [0.1, 0.15) is 0 Å². The summed E-state index contributed by atoms with van der Waals surface area (Å²) in [5.41, 5.74) is 6.80. The summed E-state index contributed by atoms with van der Waals surface area (Å²) >= 11 is 0. The van der Waals surface area contributed by atoms with Crippen LogP contribution in [0.5, 0.6) is 0 Å². The lowest BCUT2D eigenvalue weighted by Crippen LogP contribution is -2.31. The molecule has 2 aromatic carbocycles. The van der Waals surface area contributed by atoms with Crippen LogP contribution in [0.15, 0.2) is 47.3 Å². The number of rotatable bonds is 4. The molecule has 1 aliphatic rings. The van der Waals surface area contributed by atoms with Crippen LogP contribution in [0.25, 0.3) is 10.8 Å². The number of fused-ring (bicyclic) bond motifs is 1. The van der Waals surface area contributed by atoms with Crippen LogP contribution in [-0.4, -0.2) is 35.1 Å². The molecule has 2 amide bonds. The maximum Gasteiger partial charge on any atom is 0.276 e. The van der Waals surface area contributed by atoms with E-state index < -0.39 is 11.8 Å². The molecule has 0 radical (unpaired) electrons. The second kappa shape index (κ2) is 7.75. The lowest BCUT2D eigenvalue weighted by atomic mass is 10.1. The fraction of sp³-hybridized carbons (Fsp3) is 0.238. The lowest BCUT2D eigenvalue weighted by molar-refractivity contribution is 0.0995. The minimum absolute atomic E-state index is 0.106. The molecule has 8 nitrogen and oxygen atoms in total. The van der Waals surface area contributed by atoms with E-state index in [1.807, 2.05) is 0 Å². The third-order valence-electron chi connectivity index (χ3n) is 5.14. The van der Waals surface area contributed by atoms with Crippen LogP contribution in [-0.2, 0) is 0 Å². The summed E-state index contributed by atoms with van der Waals surface area (Å²) in [4.78, 5) is 38.8. The summed E-state index contributed by atoms with van der Waals surface area (Å²) in [7, 11) is 0. The number of aromatic nitrogens is 2. The van der Waals surface area contributed by atoms with Gasteiger partial charge in [-0.05, 0) is 43.5 Å². The lowest BCUT2D eigenvalue weighted by Gasteiger charge is -2.30. The standard InChI is InChI=1S/C21H21N5O3/c22-19(27)13-8-9-17(26-10-4-1-5-11-26)16(12-13)23-21(29)18-14-6-2-3-7-15(14)20(28)25-24-18/h2-3,6-9,12H,1,4-5,10-11H2,(H2,22,27)(H,23,29)(H,25,28). The first kappa shape index (κ1) is 18.7. The van der Waals surface area contributed by atoms with Gasteiger partial charge in [0.2, 0.25) is 5.91 Å². The zero-order valence-electron chi connectivity index (χ0n) is 15.8. The molecule has 1 fully saturated rings. The van der Waals surface area contributed by atoms with Crippen LogP contribution in [0.1, 0.15) is 40.1 Å². The van der Waals surface area contributed by atoms with Crippen LogP contribution in [0.3, 0.4) is 0 Å². The Labute approximate surface area is 166 Å². The molecule has 1 aliphatic heterocycles. The van der Waals surface area contributed by atoms with Crippen LogP contribution in [0.2, 0.25) is 0 Å². The normalized spacial score (nSPS) is 14.0. The molecular formula is C21H21N5O3. The number of aromatic amines is 1. The average Bonchev–Trinajstić information content (AvgIpc) is 2.74. The number of H-pyrrole nitrogens is 1. The van der Waals surface area contributed by atoms with Crippen LogP contribution < -0.4 is 21.5 Å². The zero-order valence-corrected chi connectivity index (χ0v) is 15.8. The van der Waals surface area contributed by atoms with Crippen molar-refractivity contribution in [2.75, 3.05) is 23.3 Å². The van der Waals surface area contributed by atoms with Gasteiger partial charge in [-0.3, -0.25) is 14.4 Å². The predicted molar refractivity (Wildman–Crippen MR) is 111 cm³/mol. The highest BCUT2D eigenvalue weighted by Crippen LogP contribution is 2.30. The summed E-state index contributed by atoms with van der Waals surface area (Å²) in [5, 5.41) is 10.0. The summed E-state index contributed by atoms with van der Waals surface area (Å²) in [5.74, 6) is -1.05. The number of carbonyl (C=O) groups is 2. The fourth-order valence-electron chi connectivity index (χ4n) is 3.67. The highest BCUT2D eigenvalue weighted by molar-refractivity contribution is 6.12. The second-order valence-corrected chi connectivity index (χ2v) is 7.04. The van der Waals surface area contributed by atoms with Crippen molar-refractivity contribution in [1.82, 2.24) is 10.2 Å². The molecule has 0 atom stereocenters. The number of hydrogen-bond acceptors (Lipinski definition) is 5. The van der Waals surface area contributed by atoms with Gasteiger partial charge in [-0.2, -0.15) is 5.10 Å². The van der Waals surface area contributed by atoms with Crippen molar-refractivity contribution < 1.29 is 9.59 Å². The van der Waals surface area contributed by atoms with Crippen LogP contribution >= 0.6 is 0 Å². The molecular weight excluding hydrogens is 370 g/mol. The van der Waals surface area contributed by atoms with Gasteiger partial charge in [0.25, 0.3) is 11.5 Å². The van der Waals surface area contributed by atoms with Gasteiger partial charge in [0, 0.05) is 24.0 Å². The van der Waals surface area contributed by atoms with E-state index in [9.17, 15) is 14.4 Å². The van der Waals surface area contributed by atoms with Crippen molar-refractivity contribution in [3.05, 3.63) is 64.1 Å². The molecule has 4 N–H and O–H groups in total. The Morgan fingerprint density at radius 2 is 1.76 bits per heavy atom. The maximum absolute atomic E-state index is 13.0. The van der Waals surface area contributed by atoms with E-state index in [4.69, 9.17) is 5.73 Å². The number of benzene rings is 2. The van der Waals surface area contributed by atoms with Crippen molar-refractivity contribution in [3.63, 3.8) is 0 Å². The van der Waals surface area contributed by atoms with E-state index in [0.717, 1.165) is 31.6 Å². The first-order valence-corrected chi connectivity index (χ1v) is 9.52. The number of hydrogen-bond donors (Lipinski definition) is 3. The number of carbonyl (C=O) groups excluding carboxylic acids is 2. The highest BCUT2D eigenvalue weighted by atomic mass is 16.2. The van der Waals surface area contributed by atoms with Gasteiger partial charge in [-0.25, -0.2) is 5.10 Å². The molecule has 1 aromatic heterocycles. The Bertz CT molecular complexity index is 1150. The SMILES string of the molecule is NC(=O)c1ccc(N2CCCCC2)c(NC(=O)c2n[nH]c(=O)c3ccccc23)c1. The molecule has 0 aliphatic carbocycles. The Kier molecular flexibility index (Phi) is 4.99. The fourth-order valence-corrected chi connectivity index (χ4v) is 3.67. The molecule has 1 saturated heterocycles. The quantitative estimate of drug-likeness (QED) is 0.630. The molecule has 2 heterocycles. The van der Waals surface area contributed by atoms with Gasteiger partial charge >= 0.3 is 0 Å². The van der Waals surface area contributed by atoms with Crippen molar-refractivity contribution in [3.8, 4) is 0 Å². The number of piperidine rings is 1. The smallest absolute Gasteiger partial charge is 0.276 e. The van der Waals surface area contributed by atoms with Gasteiger partial charge < -0.3 is 16.0 Å².